The molecule has 3 aromatic carbocycles. The minimum atomic E-state index is 0. The van der Waals surface area contributed by atoms with Crippen LogP contribution in [0, 0.1) is 6.07 Å². The van der Waals surface area contributed by atoms with Crippen molar-refractivity contribution in [1.82, 2.24) is 15.0 Å². The molecule has 6 aromatic rings. The molecule has 0 spiro atoms. The van der Waals surface area contributed by atoms with Gasteiger partial charge in [-0.3, -0.25) is 9.97 Å². The minimum Gasteiger partial charge on any atom is -0.657 e. The van der Waals surface area contributed by atoms with Crippen LogP contribution >= 0.6 is 0 Å². The summed E-state index contributed by atoms with van der Waals surface area (Å²) in [5.41, 5.74) is 3.66. The van der Waals surface area contributed by atoms with Crippen LogP contribution in [0.3, 0.4) is 0 Å². The Hall–Kier alpha value is -3.81. The van der Waals surface area contributed by atoms with Crippen LogP contribution < -0.4 is 15.7 Å². The number of pyridine rings is 2. The largest absolute Gasteiger partial charge is 2.00 e. The molecule has 0 unspecified atom stereocenters. The van der Waals surface area contributed by atoms with E-state index in [1.54, 1.807) is 6.20 Å². The zero-order chi connectivity index (χ0) is 22.0. The molecule has 0 aliphatic heterocycles. The third-order valence-electron chi connectivity index (χ3n) is 5.72. The Bertz CT molecular complexity index is 1710. The Morgan fingerprint density at radius 2 is 1.32 bits per heavy atom. The fraction of sp³-hybridized carbons (Fsp3) is 0. The topological polar surface area (TPSA) is 39.9 Å². The molecule has 3 nitrogen and oxygen atoms in total. The first-order chi connectivity index (χ1) is 16.3. The Balaban J connectivity index is 0.00000241. The molecule has 0 amide bonds. The molecule has 0 saturated carbocycles. The standard InChI is InChI=1S/C30H19N3.Pt/c1-2-13-24-21(9-1)10-7-16-25(24)28-17-8-12-23(32-28)20-30-27-15-4-3-14-26(27)29(33-30)19-22-11-5-6-18-31-22;/h1-15,17-20H;/q-2;+2/b29-19-,30-20-;. The van der Waals surface area contributed by atoms with Gasteiger partial charge in [0, 0.05) is 6.20 Å². The van der Waals surface area contributed by atoms with Crippen LogP contribution in [0.15, 0.2) is 103 Å². The minimum absolute atomic E-state index is 0. The summed E-state index contributed by atoms with van der Waals surface area (Å²) in [6, 6.07) is 36.0. The smallest absolute Gasteiger partial charge is 0.657 e. The van der Waals surface area contributed by atoms with Crippen molar-refractivity contribution in [3.8, 4) is 11.3 Å². The summed E-state index contributed by atoms with van der Waals surface area (Å²) >= 11 is 0. The van der Waals surface area contributed by atoms with Crippen molar-refractivity contribution < 1.29 is 21.1 Å². The fourth-order valence-corrected chi connectivity index (χ4v) is 4.19. The van der Waals surface area contributed by atoms with Crippen LogP contribution in [0.5, 0.6) is 0 Å². The first-order valence-electron chi connectivity index (χ1n) is 10.9. The summed E-state index contributed by atoms with van der Waals surface area (Å²) in [5, 5.41) is 6.35. The molecular formula is C30H19N3Pt. The average molecular weight is 617 g/mol. The van der Waals surface area contributed by atoms with Gasteiger partial charge in [0.15, 0.2) is 0 Å². The summed E-state index contributed by atoms with van der Waals surface area (Å²) in [7, 11) is 0. The molecule has 6 rings (SSSR count). The van der Waals surface area contributed by atoms with Gasteiger partial charge < -0.3 is 4.98 Å². The second-order valence-corrected chi connectivity index (χ2v) is 7.86. The molecule has 0 radical (unpaired) electrons. The van der Waals surface area contributed by atoms with E-state index in [1.807, 2.05) is 66.7 Å². The zero-order valence-electron chi connectivity index (χ0n) is 18.1. The number of fused-ring (bicyclic) bond motifs is 2. The van der Waals surface area contributed by atoms with Crippen LogP contribution in [-0.4, -0.2) is 9.97 Å². The molecule has 164 valence electrons. The fourth-order valence-electron chi connectivity index (χ4n) is 4.19. The molecule has 0 N–H and O–H groups in total. The van der Waals surface area contributed by atoms with Crippen LogP contribution in [0.2, 0.25) is 0 Å². The molecule has 0 bridgehead atoms. The van der Waals surface area contributed by atoms with Crippen molar-refractivity contribution in [3.63, 3.8) is 0 Å². The molecule has 0 fully saturated rings. The van der Waals surface area contributed by atoms with Gasteiger partial charge in [-0.2, -0.15) is 0 Å². The maximum absolute atomic E-state index is 4.94. The molecule has 3 heterocycles. The molecule has 34 heavy (non-hydrogen) atoms. The number of rotatable bonds is 3. The van der Waals surface area contributed by atoms with E-state index in [0.29, 0.717) is 0 Å². The number of nitrogens with zero attached hydrogens (tertiary/aromatic N) is 3. The summed E-state index contributed by atoms with van der Waals surface area (Å²) in [4.78, 5) is 14.3. The van der Waals surface area contributed by atoms with E-state index in [2.05, 4.69) is 53.5 Å². The monoisotopic (exact) mass is 616 g/mol. The van der Waals surface area contributed by atoms with Crippen molar-refractivity contribution in [2.45, 2.75) is 0 Å². The van der Waals surface area contributed by atoms with Crippen molar-refractivity contribution in [2.75, 3.05) is 0 Å². The first-order valence-corrected chi connectivity index (χ1v) is 10.9. The van der Waals surface area contributed by atoms with Gasteiger partial charge in [0.05, 0.1) is 11.4 Å². The zero-order valence-corrected chi connectivity index (χ0v) is 20.4. The van der Waals surface area contributed by atoms with Gasteiger partial charge in [0.2, 0.25) is 0 Å². The van der Waals surface area contributed by atoms with Crippen molar-refractivity contribution in [3.05, 3.63) is 131 Å². The summed E-state index contributed by atoms with van der Waals surface area (Å²) in [6.45, 7) is 0. The Morgan fingerprint density at radius 1 is 0.647 bits per heavy atom. The normalized spacial score (nSPS) is 12.2. The molecule has 0 atom stereocenters. The van der Waals surface area contributed by atoms with Gasteiger partial charge in [-0.15, -0.1) is 39.8 Å². The number of hydrogen-bond acceptors (Lipinski definition) is 2. The molecule has 3 aromatic heterocycles. The third kappa shape index (κ3) is 4.23. The van der Waals surface area contributed by atoms with Gasteiger partial charge in [-0.05, 0) is 34.7 Å². The Morgan fingerprint density at radius 3 is 2.09 bits per heavy atom. The van der Waals surface area contributed by atoms with Gasteiger partial charge in [-0.25, -0.2) is 0 Å². The molecule has 0 aliphatic rings. The van der Waals surface area contributed by atoms with Crippen LogP contribution in [-0.2, 0) is 21.1 Å². The van der Waals surface area contributed by atoms with E-state index < -0.39 is 0 Å². The van der Waals surface area contributed by atoms with Gasteiger partial charge in [-0.1, -0.05) is 84.3 Å². The van der Waals surface area contributed by atoms with Crippen molar-refractivity contribution in [1.29, 1.82) is 0 Å². The number of benzene rings is 3. The SMILES string of the molecule is [Pt+2].[c-]1ccc2ccccc2c1-c1cccc(/C=c2\[n-]/c(=C\c3ccccn3)c3ccccc23)n1. The van der Waals surface area contributed by atoms with E-state index in [0.717, 1.165) is 49.5 Å². The predicted molar refractivity (Wildman–Crippen MR) is 134 cm³/mol. The average Bonchev–Trinajstić information content (AvgIpc) is 3.21. The number of aromatic nitrogens is 3. The molecule has 4 heteroatoms. The van der Waals surface area contributed by atoms with Crippen LogP contribution in [0.1, 0.15) is 11.4 Å². The quantitative estimate of drug-likeness (QED) is 0.267. The van der Waals surface area contributed by atoms with Crippen molar-refractivity contribution >= 4 is 33.7 Å². The third-order valence-corrected chi connectivity index (χ3v) is 5.72. The predicted octanol–water partition coefficient (Wildman–Crippen LogP) is 4.86. The maximum Gasteiger partial charge on any atom is 2.00 e. The molecule has 0 aliphatic carbocycles. The van der Waals surface area contributed by atoms with E-state index in [9.17, 15) is 0 Å². The Labute approximate surface area is 211 Å². The Kier molecular flexibility index (Phi) is 6.20. The van der Waals surface area contributed by atoms with E-state index >= 15 is 0 Å². The van der Waals surface area contributed by atoms with E-state index in [1.165, 1.54) is 5.39 Å². The summed E-state index contributed by atoms with van der Waals surface area (Å²) in [6.07, 6.45) is 5.87. The summed E-state index contributed by atoms with van der Waals surface area (Å²) < 4.78 is 0. The van der Waals surface area contributed by atoms with E-state index in [4.69, 9.17) is 9.97 Å². The molecule has 0 saturated heterocycles. The van der Waals surface area contributed by atoms with Gasteiger partial charge in [0.1, 0.15) is 0 Å². The number of hydrogen-bond donors (Lipinski definition) is 0. The second kappa shape index (κ2) is 9.59. The maximum atomic E-state index is 4.94. The van der Waals surface area contributed by atoms with Crippen LogP contribution in [0.4, 0.5) is 0 Å². The summed E-state index contributed by atoms with van der Waals surface area (Å²) in [5.74, 6) is 0. The second-order valence-electron chi connectivity index (χ2n) is 7.86. The van der Waals surface area contributed by atoms with Crippen molar-refractivity contribution in [2.24, 2.45) is 0 Å². The molecular weight excluding hydrogens is 597 g/mol. The van der Waals surface area contributed by atoms with Gasteiger partial charge in [0.25, 0.3) is 0 Å². The first kappa shape index (κ1) is 22.0. The van der Waals surface area contributed by atoms with Gasteiger partial charge >= 0.3 is 21.1 Å². The van der Waals surface area contributed by atoms with Crippen LogP contribution in [0.25, 0.3) is 45.0 Å². The van der Waals surface area contributed by atoms with E-state index in [-0.39, 0.29) is 21.1 Å².